The molecule has 0 heterocycles. The fourth-order valence-corrected chi connectivity index (χ4v) is 3.14. The average Bonchev–Trinajstić information content (AvgIpc) is 2.10. The number of carbonyl (C=O) groups is 2. The third kappa shape index (κ3) is 9.16. The summed E-state index contributed by atoms with van der Waals surface area (Å²) in [5.41, 5.74) is 0. The Morgan fingerprint density at radius 1 is 0.950 bits per heavy atom. The monoisotopic (exact) mass is 335 g/mol. The van der Waals surface area contributed by atoms with Crippen molar-refractivity contribution in [3.63, 3.8) is 0 Å². The summed E-state index contributed by atoms with van der Waals surface area (Å²) in [5.74, 6) is -2.98. The SMILES string of the molecule is O=C(O)CC[C@@H](C(=O)O)N(CP(=O)(O)O)CP(=O)(O)O. The van der Waals surface area contributed by atoms with Crippen molar-refractivity contribution >= 4 is 27.1 Å². The number of nitrogens with zero attached hydrogens (tertiary/aromatic N) is 1. The van der Waals surface area contributed by atoms with Gasteiger partial charge in [0.15, 0.2) is 0 Å². The van der Waals surface area contributed by atoms with Crippen LogP contribution in [-0.4, -0.2) is 65.2 Å². The maximum atomic E-state index is 11.0. The van der Waals surface area contributed by atoms with Crippen molar-refractivity contribution in [1.82, 2.24) is 4.90 Å². The van der Waals surface area contributed by atoms with Gasteiger partial charge in [-0.1, -0.05) is 0 Å². The van der Waals surface area contributed by atoms with Gasteiger partial charge in [-0.25, -0.2) is 0 Å². The molecule has 0 aliphatic heterocycles. The van der Waals surface area contributed by atoms with E-state index in [1.54, 1.807) is 0 Å². The second-order valence-corrected chi connectivity index (χ2v) is 7.21. The molecule has 0 rings (SSSR count). The van der Waals surface area contributed by atoms with E-state index < -0.39 is 58.6 Å². The van der Waals surface area contributed by atoms with Crippen molar-refractivity contribution < 1.29 is 48.5 Å². The minimum absolute atomic E-state index is 0.382. The summed E-state index contributed by atoms with van der Waals surface area (Å²) in [6.07, 6.45) is -3.58. The molecule has 0 aromatic carbocycles. The molecular weight excluding hydrogens is 320 g/mol. The number of carboxylic acids is 2. The van der Waals surface area contributed by atoms with E-state index in [0.29, 0.717) is 4.90 Å². The quantitative estimate of drug-likeness (QED) is 0.279. The topological polar surface area (TPSA) is 193 Å². The van der Waals surface area contributed by atoms with E-state index in [-0.39, 0.29) is 0 Å². The summed E-state index contributed by atoms with van der Waals surface area (Å²) in [5, 5.41) is 17.4. The fraction of sp³-hybridized carbons (Fsp3) is 0.714. The standard InChI is InChI=1S/C7H15NO10P2/c9-6(10)2-1-5(7(11)12)8(3-19(13,14)15)4-20(16,17)18/h5H,1-4H2,(H,9,10)(H,11,12)(H2,13,14,15)(H2,16,17,18)/t5-/m0/s1. The highest BCUT2D eigenvalue weighted by Gasteiger charge is 2.34. The van der Waals surface area contributed by atoms with Crippen LogP contribution in [-0.2, 0) is 18.7 Å². The Hall–Kier alpha value is -0.800. The minimum atomic E-state index is -4.78. The van der Waals surface area contributed by atoms with Crippen molar-refractivity contribution in [2.45, 2.75) is 18.9 Å². The van der Waals surface area contributed by atoms with E-state index in [2.05, 4.69) is 0 Å². The number of carboxylic acid groups (broad SMARTS) is 2. The second-order valence-electron chi connectivity index (χ2n) is 3.99. The van der Waals surface area contributed by atoms with Gasteiger partial charge >= 0.3 is 27.1 Å². The number of rotatable bonds is 9. The predicted molar refractivity (Wildman–Crippen MR) is 64.0 cm³/mol. The van der Waals surface area contributed by atoms with E-state index in [1.807, 2.05) is 0 Å². The zero-order valence-electron chi connectivity index (χ0n) is 10.1. The van der Waals surface area contributed by atoms with Crippen LogP contribution in [0.3, 0.4) is 0 Å². The molecule has 0 spiro atoms. The molecule has 0 saturated carbocycles. The Kier molecular flexibility index (Phi) is 6.99. The summed E-state index contributed by atoms with van der Waals surface area (Å²) in [4.78, 5) is 57.0. The van der Waals surface area contributed by atoms with Crippen molar-refractivity contribution in [2.75, 3.05) is 12.6 Å². The van der Waals surface area contributed by atoms with Crippen LogP contribution in [0.15, 0.2) is 0 Å². The molecule has 0 aliphatic carbocycles. The van der Waals surface area contributed by atoms with Gasteiger partial charge in [-0.3, -0.25) is 23.6 Å². The largest absolute Gasteiger partial charge is 0.481 e. The molecule has 118 valence electrons. The lowest BCUT2D eigenvalue weighted by atomic mass is 10.1. The number of hydrogen-bond donors (Lipinski definition) is 6. The first-order chi connectivity index (χ1) is 8.82. The average molecular weight is 335 g/mol. The first-order valence-corrected chi connectivity index (χ1v) is 8.69. The van der Waals surface area contributed by atoms with Crippen LogP contribution in [0.1, 0.15) is 12.8 Å². The van der Waals surface area contributed by atoms with Crippen molar-refractivity contribution in [3.8, 4) is 0 Å². The van der Waals surface area contributed by atoms with Gasteiger partial charge in [0, 0.05) is 6.42 Å². The van der Waals surface area contributed by atoms with E-state index in [1.165, 1.54) is 0 Å². The molecule has 0 saturated heterocycles. The van der Waals surface area contributed by atoms with Crippen LogP contribution >= 0.6 is 15.2 Å². The normalized spacial score (nSPS) is 14.2. The minimum Gasteiger partial charge on any atom is -0.481 e. The highest BCUT2D eigenvalue weighted by Crippen LogP contribution is 2.42. The van der Waals surface area contributed by atoms with E-state index in [0.717, 1.165) is 0 Å². The third-order valence-corrected chi connectivity index (χ3v) is 3.55. The fourth-order valence-electron chi connectivity index (χ4n) is 1.44. The van der Waals surface area contributed by atoms with Gasteiger partial charge in [0.1, 0.15) is 18.6 Å². The van der Waals surface area contributed by atoms with Gasteiger partial charge in [0.2, 0.25) is 0 Å². The molecule has 0 unspecified atom stereocenters. The van der Waals surface area contributed by atoms with Crippen LogP contribution in [0.5, 0.6) is 0 Å². The lowest BCUT2D eigenvalue weighted by molar-refractivity contribution is -0.143. The van der Waals surface area contributed by atoms with Gasteiger partial charge in [0.25, 0.3) is 0 Å². The lowest BCUT2D eigenvalue weighted by Crippen LogP contribution is -2.42. The molecule has 11 nitrogen and oxygen atoms in total. The Balaban J connectivity index is 5.19. The van der Waals surface area contributed by atoms with Gasteiger partial charge < -0.3 is 29.8 Å². The Morgan fingerprint density at radius 3 is 1.60 bits per heavy atom. The van der Waals surface area contributed by atoms with Crippen LogP contribution in [0.25, 0.3) is 0 Å². The van der Waals surface area contributed by atoms with Gasteiger partial charge in [-0.2, -0.15) is 0 Å². The predicted octanol–water partition coefficient (Wildman–Crippen LogP) is -1.12. The van der Waals surface area contributed by atoms with Crippen LogP contribution in [0.4, 0.5) is 0 Å². The molecule has 0 amide bonds. The first kappa shape index (κ1) is 19.2. The highest BCUT2D eigenvalue weighted by atomic mass is 31.2. The molecule has 13 heteroatoms. The third-order valence-electron chi connectivity index (χ3n) is 2.09. The lowest BCUT2D eigenvalue weighted by Gasteiger charge is -2.28. The second kappa shape index (κ2) is 7.28. The molecule has 1 atom stereocenters. The van der Waals surface area contributed by atoms with Gasteiger partial charge in [-0.05, 0) is 6.42 Å². The zero-order chi connectivity index (χ0) is 16.1. The maximum absolute atomic E-state index is 11.0. The molecule has 0 aliphatic rings. The van der Waals surface area contributed by atoms with Crippen LogP contribution in [0, 0.1) is 0 Å². The summed E-state index contributed by atoms with van der Waals surface area (Å²) < 4.78 is 21.8. The van der Waals surface area contributed by atoms with Crippen molar-refractivity contribution in [3.05, 3.63) is 0 Å². The molecule has 0 aromatic heterocycles. The van der Waals surface area contributed by atoms with Gasteiger partial charge in [-0.15, -0.1) is 0 Å². The first-order valence-electron chi connectivity index (χ1n) is 5.09. The molecule has 0 fully saturated rings. The van der Waals surface area contributed by atoms with Crippen LogP contribution in [0.2, 0.25) is 0 Å². The summed E-state index contributed by atoms with van der Waals surface area (Å²) >= 11 is 0. The van der Waals surface area contributed by atoms with Crippen molar-refractivity contribution in [2.24, 2.45) is 0 Å². The molecule has 0 aromatic rings. The Bertz CT molecular complexity index is 429. The smallest absolute Gasteiger partial charge is 0.339 e. The van der Waals surface area contributed by atoms with E-state index in [9.17, 15) is 18.7 Å². The van der Waals surface area contributed by atoms with E-state index in [4.69, 9.17) is 29.8 Å². The maximum Gasteiger partial charge on any atom is 0.339 e. The molecular formula is C7H15NO10P2. The number of aliphatic carboxylic acids is 2. The zero-order valence-corrected chi connectivity index (χ0v) is 11.9. The van der Waals surface area contributed by atoms with Gasteiger partial charge in [0.05, 0.1) is 0 Å². The van der Waals surface area contributed by atoms with E-state index >= 15 is 0 Å². The summed E-state index contributed by atoms with van der Waals surface area (Å²) in [6, 6.07) is -1.73. The Labute approximate surface area is 113 Å². The Morgan fingerprint density at radius 2 is 1.35 bits per heavy atom. The number of hydrogen-bond acceptors (Lipinski definition) is 5. The molecule has 0 radical (unpaired) electrons. The summed E-state index contributed by atoms with van der Waals surface area (Å²) in [7, 11) is -9.55. The summed E-state index contributed by atoms with van der Waals surface area (Å²) in [6.45, 7) is 0. The van der Waals surface area contributed by atoms with Crippen LogP contribution < -0.4 is 0 Å². The molecule has 6 N–H and O–H groups in total. The highest BCUT2D eigenvalue weighted by molar-refractivity contribution is 7.52. The molecule has 0 bridgehead atoms. The molecule has 20 heavy (non-hydrogen) atoms. The van der Waals surface area contributed by atoms with Crippen molar-refractivity contribution in [1.29, 1.82) is 0 Å².